The zero-order valence-corrected chi connectivity index (χ0v) is 14.1. The van der Waals surface area contributed by atoms with Gasteiger partial charge in [0, 0.05) is 19.2 Å². The van der Waals surface area contributed by atoms with Crippen LogP contribution in [0.15, 0.2) is 60.9 Å². The third kappa shape index (κ3) is 4.32. The van der Waals surface area contributed by atoms with E-state index in [1.807, 2.05) is 6.07 Å². The highest BCUT2D eigenvalue weighted by Gasteiger charge is 2.01. The molecule has 0 radical (unpaired) electrons. The molecular weight excluding hydrogens is 296 g/mol. The number of hydrogen-bond acceptors (Lipinski definition) is 4. The number of nitrogens with one attached hydrogen (secondary N) is 2. The van der Waals surface area contributed by atoms with E-state index >= 15 is 0 Å². The molecule has 0 aliphatic rings. The van der Waals surface area contributed by atoms with Gasteiger partial charge in [0.2, 0.25) is 0 Å². The molecule has 3 aromatic rings. The third-order valence-corrected chi connectivity index (χ3v) is 3.98. The maximum Gasteiger partial charge on any atom is 0.131 e. The lowest BCUT2D eigenvalue weighted by Gasteiger charge is -2.10. The van der Waals surface area contributed by atoms with Crippen molar-refractivity contribution in [2.45, 2.75) is 26.9 Å². The van der Waals surface area contributed by atoms with Gasteiger partial charge in [-0.2, -0.15) is 0 Å². The van der Waals surface area contributed by atoms with Crippen molar-refractivity contribution >= 4 is 11.6 Å². The second kappa shape index (κ2) is 7.59. The fraction of sp³-hybridized carbons (Fsp3) is 0.200. The van der Waals surface area contributed by atoms with Gasteiger partial charge in [0.05, 0.1) is 0 Å². The Kier molecular flexibility index (Phi) is 5.06. The van der Waals surface area contributed by atoms with Crippen molar-refractivity contribution in [3.8, 4) is 0 Å². The monoisotopic (exact) mass is 318 g/mol. The minimum Gasteiger partial charge on any atom is -0.366 e. The summed E-state index contributed by atoms with van der Waals surface area (Å²) in [5, 5.41) is 6.70. The molecule has 1 aromatic heterocycles. The van der Waals surface area contributed by atoms with E-state index in [9.17, 15) is 0 Å². The first-order valence-corrected chi connectivity index (χ1v) is 8.10. The Balaban J connectivity index is 1.59. The number of aromatic nitrogens is 2. The number of nitrogens with zero attached hydrogens (tertiary/aromatic N) is 2. The molecule has 2 N–H and O–H groups in total. The Morgan fingerprint density at radius 3 is 2.17 bits per heavy atom. The summed E-state index contributed by atoms with van der Waals surface area (Å²) in [5.41, 5.74) is 5.04. The summed E-state index contributed by atoms with van der Waals surface area (Å²) >= 11 is 0. The van der Waals surface area contributed by atoms with E-state index in [1.165, 1.54) is 22.3 Å². The SMILES string of the molecule is Cc1ccc(CNc2cc(NCc3ccccc3C)ncn2)cc1. The lowest BCUT2D eigenvalue weighted by molar-refractivity contribution is 1.05. The molecule has 0 atom stereocenters. The number of hydrogen-bond donors (Lipinski definition) is 2. The third-order valence-electron chi connectivity index (χ3n) is 3.98. The standard InChI is InChI=1S/C20H22N4/c1-15-7-9-17(10-8-15)12-21-19-11-20(24-14-23-19)22-13-18-6-4-3-5-16(18)2/h3-11,14H,12-13H2,1-2H3,(H2,21,22,23,24). The van der Waals surface area contributed by atoms with E-state index in [-0.39, 0.29) is 0 Å². The van der Waals surface area contributed by atoms with Gasteiger partial charge in [-0.25, -0.2) is 9.97 Å². The molecule has 122 valence electrons. The molecular formula is C20H22N4. The van der Waals surface area contributed by atoms with E-state index in [1.54, 1.807) is 6.33 Å². The molecule has 0 bridgehead atoms. The lowest BCUT2D eigenvalue weighted by Crippen LogP contribution is -2.06. The Morgan fingerprint density at radius 1 is 0.792 bits per heavy atom. The highest BCUT2D eigenvalue weighted by molar-refractivity contribution is 5.47. The van der Waals surface area contributed by atoms with Crippen LogP contribution in [0.2, 0.25) is 0 Å². The zero-order chi connectivity index (χ0) is 16.8. The number of rotatable bonds is 6. The Hall–Kier alpha value is -2.88. The molecule has 1 heterocycles. The van der Waals surface area contributed by atoms with Gasteiger partial charge in [-0.05, 0) is 30.5 Å². The lowest BCUT2D eigenvalue weighted by atomic mass is 10.1. The molecule has 0 aliphatic carbocycles. The molecule has 0 saturated carbocycles. The minimum atomic E-state index is 0.745. The molecule has 0 amide bonds. The van der Waals surface area contributed by atoms with Crippen molar-refractivity contribution in [1.29, 1.82) is 0 Å². The summed E-state index contributed by atoms with van der Waals surface area (Å²) in [6.07, 6.45) is 1.58. The predicted molar refractivity (Wildman–Crippen MR) is 99.0 cm³/mol. The first-order valence-electron chi connectivity index (χ1n) is 8.10. The van der Waals surface area contributed by atoms with Crippen molar-refractivity contribution in [3.63, 3.8) is 0 Å². The molecule has 4 heteroatoms. The molecule has 2 aromatic carbocycles. The Labute approximate surface area is 143 Å². The van der Waals surface area contributed by atoms with Crippen LogP contribution in [-0.4, -0.2) is 9.97 Å². The zero-order valence-electron chi connectivity index (χ0n) is 14.1. The second-order valence-electron chi connectivity index (χ2n) is 5.91. The topological polar surface area (TPSA) is 49.8 Å². The Morgan fingerprint density at radius 2 is 1.46 bits per heavy atom. The smallest absolute Gasteiger partial charge is 0.131 e. The van der Waals surface area contributed by atoms with E-state index < -0.39 is 0 Å². The largest absolute Gasteiger partial charge is 0.366 e. The van der Waals surface area contributed by atoms with Crippen LogP contribution in [0.3, 0.4) is 0 Å². The van der Waals surface area contributed by atoms with Crippen LogP contribution in [0, 0.1) is 13.8 Å². The van der Waals surface area contributed by atoms with Crippen molar-refractivity contribution in [2.24, 2.45) is 0 Å². The first-order chi connectivity index (χ1) is 11.7. The van der Waals surface area contributed by atoms with E-state index in [4.69, 9.17) is 0 Å². The van der Waals surface area contributed by atoms with Crippen LogP contribution < -0.4 is 10.6 Å². The van der Waals surface area contributed by atoms with Crippen molar-refractivity contribution in [1.82, 2.24) is 9.97 Å². The van der Waals surface area contributed by atoms with Gasteiger partial charge in [-0.1, -0.05) is 54.1 Å². The van der Waals surface area contributed by atoms with Gasteiger partial charge in [-0.15, -0.1) is 0 Å². The highest BCUT2D eigenvalue weighted by Crippen LogP contribution is 2.13. The molecule has 24 heavy (non-hydrogen) atoms. The van der Waals surface area contributed by atoms with Gasteiger partial charge < -0.3 is 10.6 Å². The molecule has 0 unspecified atom stereocenters. The van der Waals surface area contributed by atoms with Crippen LogP contribution in [0.1, 0.15) is 22.3 Å². The molecule has 0 fully saturated rings. The van der Waals surface area contributed by atoms with E-state index in [2.05, 4.69) is 83.0 Å². The normalized spacial score (nSPS) is 10.4. The second-order valence-corrected chi connectivity index (χ2v) is 5.91. The number of benzene rings is 2. The predicted octanol–water partition coefficient (Wildman–Crippen LogP) is 4.32. The molecule has 4 nitrogen and oxygen atoms in total. The average Bonchev–Trinajstić information content (AvgIpc) is 2.61. The first kappa shape index (κ1) is 16.0. The molecule has 0 aliphatic heterocycles. The van der Waals surface area contributed by atoms with Gasteiger partial charge in [0.1, 0.15) is 18.0 Å². The van der Waals surface area contributed by atoms with Gasteiger partial charge >= 0.3 is 0 Å². The van der Waals surface area contributed by atoms with Crippen molar-refractivity contribution in [2.75, 3.05) is 10.6 Å². The summed E-state index contributed by atoms with van der Waals surface area (Å²) < 4.78 is 0. The Bertz CT molecular complexity index is 797. The van der Waals surface area contributed by atoms with Crippen molar-refractivity contribution in [3.05, 3.63) is 83.2 Å². The maximum atomic E-state index is 4.29. The number of anilines is 2. The van der Waals surface area contributed by atoms with Crippen LogP contribution in [0.5, 0.6) is 0 Å². The van der Waals surface area contributed by atoms with Crippen LogP contribution in [-0.2, 0) is 13.1 Å². The highest BCUT2D eigenvalue weighted by atomic mass is 15.1. The number of aryl methyl sites for hydroxylation is 2. The van der Waals surface area contributed by atoms with Gasteiger partial charge in [-0.3, -0.25) is 0 Å². The minimum absolute atomic E-state index is 0.745. The molecule has 0 saturated heterocycles. The molecule has 0 spiro atoms. The van der Waals surface area contributed by atoms with Gasteiger partial charge in [0.25, 0.3) is 0 Å². The molecule has 3 rings (SSSR count). The van der Waals surface area contributed by atoms with Crippen LogP contribution in [0.25, 0.3) is 0 Å². The summed E-state index contributed by atoms with van der Waals surface area (Å²) in [6.45, 7) is 5.70. The summed E-state index contributed by atoms with van der Waals surface area (Å²) in [6, 6.07) is 18.8. The fourth-order valence-electron chi connectivity index (χ4n) is 2.44. The summed E-state index contributed by atoms with van der Waals surface area (Å²) in [5.74, 6) is 1.64. The fourth-order valence-corrected chi connectivity index (χ4v) is 2.44. The maximum absolute atomic E-state index is 4.29. The van der Waals surface area contributed by atoms with Gasteiger partial charge in [0.15, 0.2) is 0 Å². The van der Waals surface area contributed by atoms with E-state index in [0.29, 0.717) is 0 Å². The average molecular weight is 318 g/mol. The van der Waals surface area contributed by atoms with Crippen molar-refractivity contribution < 1.29 is 0 Å². The quantitative estimate of drug-likeness (QED) is 0.711. The van der Waals surface area contributed by atoms with Crippen LogP contribution >= 0.6 is 0 Å². The van der Waals surface area contributed by atoms with Crippen LogP contribution in [0.4, 0.5) is 11.6 Å². The summed E-state index contributed by atoms with van der Waals surface area (Å²) in [4.78, 5) is 8.57. The van der Waals surface area contributed by atoms with E-state index in [0.717, 1.165) is 24.7 Å². The summed E-state index contributed by atoms with van der Waals surface area (Å²) in [7, 11) is 0.